The fraction of sp³-hybridized carbons (Fsp3) is 0.714. The molecule has 2 N–H and O–H groups in total. The highest BCUT2D eigenvalue weighted by Crippen LogP contribution is 1.92. The molecule has 0 radical (unpaired) electrons. The van der Waals surface area contributed by atoms with Gasteiger partial charge in [0.2, 0.25) is 16.4 Å². The summed E-state index contributed by atoms with van der Waals surface area (Å²) in [5.74, 6) is 0.385. The molecule has 0 saturated carbocycles. The fourth-order valence-corrected chi connectivity index (χ4v) is 2.01. The van der Waals surface area contributed by atoms with Gasteiger partial charge in [0.05, 0.1) is 5.75 Å². The fourth-order valence-electron chi connectivity index (χ4n) is 0.948. The van der Waals surface area contributed by atoms with Crippen molar-refractivity contribution in [2.45, 2.75) is 12.8 Å². The van der Waals surface area contributed by atoms with E-state index in [1.807, 2.05) is 0 Å². The van der Waals surface area contributed by atoms with E-state index in [9.17, 15) is 8.42 Å². The van der Waals surface area contributed by atoms with Crippen LogP contribution in [0, 0.1) is 0 Å². The van der Waals surface area contributed by atoms with Crippen LogP contribution in [-0.2, 0) is 16.4 Å². The third-order valence-electron chi connectivity index (χ3n) is 1.65. The highest BCUT2D eigenvalue weighted by atomic mass is 32.2. The predicted octanol–water partition coefficient (Wildman–Crippen LogP) is -1.09. The first-order chi connectivity index (χ1) is 7.14. The Labute approximate surface area is 87.5 Å². The lowest BCUT2D eigenvalue weighted by molar-refractivity contribution is 0.295. The minimum Gasteiger partial charge on any atom is -0.396 e. The molecule has 15 heavy (non-hydrogen) atoms. The predicted molar refractivity (Wildman–Crippen MR) is 51.5 cm³/mol. The normalized spacial score (nSPS) is 11.8. The summed E-state index contributed by atoms with van der Waals surface area (Å²) in [6, 6.07) is 0. The molecule has 0 atom stereocenters. The second-order valence-corrected chi connectivity index (χ2v) is 4.81. The summed E-state index contributed by atoms with van der Waals surface area (Å²) in [4.78, 5) is 3.75. The van der Waals surface area contributed by atoms with Crippen molar-refractivity contribution in [3.63, 3.8) is 0 Å². The van der Waals surface area contributed by atoms with Crippen molar-refractivity contribution in [2.24, 2.45) is 0 Å². The maximum Gasteiger partial charge on any atom is 0.213 e. The maximum absolute atomic E-state index is 11.2. The summed E-state index contributed by atoms with van der Waals surface area (Å²) in [5, 5.41) is 12.0. The van der Waals surface area contributed by atoms with Crippen LogP contribution in [-0.4, -0.2) is 42.6 Å². The average Bonchev–Trinajstić information content (AvgIpc) is 2.67. The molecule has 1 aromatic rings. The molecule has 0 unspecified atom stereocenters. The van der Waals surface area contributed by atoms with Crippen molar-refractivity contribution in [3.8, 4) is 0 Å². The summed E-state index contributed by atoms with van der Waals surface area (Å²) < 4.78 is 29.3. The van der Waals surface area contributed by atoms with Crippen LogP contribution in [0.4, 0.5) is 0 Å². The first-order valence-corrected chi connectivity index (χ1v) is 6.13. The number of hydrogen-bond acceptors (Lipinski definition) is 6. The molecule has 8 heteroatoms. The number of nitrogens with zero attached hydrogens (tertiary/aromatic N) is 2. The average molecular weight is 235 g/mol. The molecule has 0 fully saturated rings. The van der Waals surface area contributed by atoms with Crippen molar-refractivity contribution >= 4 is 10.0 Å². The molecule has 86 valence electrons. The molecule has 0 aliphatic carbocycles. The first kappa shape index (κ1) is 12.1. The number of aliphatic hydroxyl groups is 1. The maximum atomic E-state index is 11.2. The third-order valence-corrected chi connectivity index (χ3v) is 3.12. The zero-order chi connectivity index (χ0) is 11.1. The van der Waals surface area contributed by atoms with E-state index in [-0.39, 0.29) is 25.3 Å². The Balaban J connectivity index is 2.24. The molecule has 7 nitrogen and oxygen atoms in total. The van der Waals surface area contributed by atoms with Crippen LogP contribution in [0.15, 0.2) is 10.9 Å². The summed E-state index contributed by atoms with van der Waals surface area (Å²) in [6.07, 6.45) is 1.81. The number of rotatable bonds is 7. The number of aliphatic hydroxyl groups excluding tert-OH is 1. The van der Waals surface area contributed by atoms with Gasteiger partial charge in [-0.2, -0.15) is 4.98 Å². The lowest BCUT2D eigenvalue weighted by Gasteiger charge is -2.03. The lowest BCUT2D eigenvalue weighted by atomic mass is 10.4. The Morgan fingerprint density at radius 2 is 2.33 bits per heavy atom. The summed E-state index contributed by atoms with van der Waals surface area (Å²) >= 11 is 0. The molecule has 1 heterocycles. The largest absolute Gasteiger partial charge is 0.396 e. The van der Waals surface area contributed by atoms with Gasteiger partial charge in [-0.05, 0) is 6.42 Å². The molecule has 0 aromatic carbocycles. The van der Waals surface area contributed by atoms with E-state index in [1.54, 1.807) is 0 Å². The second-order valence-electron chi connectivity index (χ2n) is 2.89. The van der Waals surface area contributed by atoms with Gasteiger partial charge in [0.15, 0.2) is 5.82 Å². The summed E-state index contributed by atoms with van der Waals surface area (Å²) in [6.45, 7) is 0.0963. The smallest absolute Gasteiger partial charge is 0.213 e. The van der Waals surface area contributed by atoms with Crippen molar-refractivity contribution in [2.75, 3.05) is 18.9 Å². The van der Waals surface area contributed by atoms with Gasteiger partial charge in [0.1, 0.15) is 0 Å². The minimum absolute atomic E-state index is 0.0737. The topological polar surface area (TPSA) is 105 Å². The molecule has 1 aromatic heterocycles. The van der Waals surface area contributed by atoms with E-state index in [0.717, 1.165) is 0 Å². The monoisotopic (exact) mass is 235 g/mol. The van der Waals surface area contributed by atoms with Crippen LogP contribution in [0.3, 0.4) is 0 Å². The quantitative estimate of drug-likeness (QED) is 0.622. The summed E-state index contributed by atoms with van der Waals surface area (Å²) in [5.41, 5.74) is 0. The van der Waals surface area contributed by atoms with Gasteiger partial charge in [0.25, 0.3) is 0 Å². The van der Waals surface area contributed by atoms with Gasteiger partial charge in [-0.1, -0.05) is 5.16 Å². The number of hydrogen-bond donors (Lipinski definition) is 2. The van der Waals surface area contributed by atoms with E-state index in [4.69, 9.17) is 5.11 Å². The van der Waals surface area contributed by atoms with Gasteiger partial charge in [-0.3, -0.25) is 0 Å². The Hall–Kier alpha value is -0.990. The van der Waals surface area contributed by atoms with Crippen molar-refractivity contribution in [3.05, 3.63) is 12.2 Å². The van der Waals surface area contributed by atoms with Gasteiger partial charge in [-0.15, -0.1) is 0 Å². The minimum atomic E-state index is -3.29. The van der Waals surface area contributed by atoms with Crippen LogP contribution >= 0.6 is 0 Å². The SMILES string of the molecule is O=S(=O)(CCCO)NCCc1ncon1. The van der Waals surface area contributed by atoms with Gasteiger partial charge in [-0.25, -0.2) is 13.1 Å². The number of sulfonamides is 1. The Morgan fingerprint density at radius 1 is 1.53 bits per heavy atom. The Morgan fingerprint density at radius 3 is 2.93 bits per heavy atom. The van der Waals surface area contributed by atoms with E-state index >= 15 is 0 Å². The van der Waals surface area contributed by atoms with Crippen molar-refractivity contribution in [1.82, 2.24) is 14.9 Å². The van der Waals surface area contributed by atoms with E-state index < -0.39 is 10.0 Å². The van der Waals surface area contributed by atoms with Gasteiger partial charge >= 0.3 is 0 Å². The van der Waals surface area contributed by atoms with Crippen molar-refractivity contribution < 1.29 is 18.0 Å². The first-order valence-electron chi connectivity index (χ1n) is 4.47. The highest BCUT2D eigenvalue weighted by Gasteiger charge is 2.09. The zero-order valence-corrected chi connectivity index (χ0v) is 8.90. The molecular formula is C7H13N3O4S. The molecule has 0 spiro atoms. The highest BCUT2D eigenvalue weighted by molar-refractivity contribution is 7.89. The van der Waals surface area contributed by atoms with Gasteiger partial charge in [0, 0.05) is 19.6 Å². The van der Waals surface area contributed by atoms with Gasteiger partial charge < -0.3 is 9.63 Å². The van der Waals surface area contributed by atoms with Crippen LogP contribution in [0.1, 0.15) is 12.2 Å². The molecule has 0 aliphatic rings. The molecular weight excluding hydrogens is 222 g/mol. The molecule has 0 bridgehead atoms. The summed E-state index contributed by atoms with van der Waals surface area (Å²) in [7, 11) is -3.29. The molecule has 0 aliphatic heterocycles. The lowest BCUT2D eigenvalue weighted by Crippen LogP contribution is -2.28. The molecule has 1 rings (SSSR count). The standard InChI is InChI=1S/C7H13N3O4S/c11-4-1-5-15(12,13)9-3-2-7-8-6-14-10-7/h6,9,11H,1-5H2. The Kier molecular flexibility index (Phi) is 4.66. The second kappa shape index (κ2) is 5.79. The van der Waals surface area contributed by atoms with Crippen LogP contribution in [0.5, 0.6) is 0 Å². The van der Waals surface area contributed by atoms with E-state index in [0.29, 0.717) is 12.2 Å². The third kappa shape index (κ3) is 4.86. The number of nitrogens with one attached hydrogen (secondary N) is 1. The molecule has 0 saturated heterocycles. The van der Waals surface area contributed by atoms with E-state index in [2.05, 4.69) is 19.4 Å². The van der Waals surface area contributed by atoms with E-state index in [1.165, 1.54) is 6.39 Å². The van der Waals surface area contributed by atoms with Crippen LogP contribution in [0.25, 0.3) is 0 Å². The molecule has 0 amide bonds. The van der Waals surface area contributed by atoms with Crippen LogP contribution < -0.4 is 4.72 Å². The number of aromatic nitrogens is 2. The zero-order valence-electron chi connectivity index (χ0n) is 8.09. The van der Waals surface area contributed by atoms with Crippen molar-refractivity contribution in [1.29, 1.82) is 0 Å². The van der Waals surface area contributed by atoms with Crippen LogP contribution in [0.2, 0.25) is 0 Å². The Bertz CT molecular complexity index is 362.